The fourth-order valence-corrected chi connectivity index (χ4v) is 2.20. The number of methoxy groups -OCH3 is 1. The van der Waals surface area contributed by atoms with E-state index < -0.39 is 17.7 Å². The maximum atomic E-state index is 13.6. The van der Waals surface area contributed by atoms with Gasteiger partial charge in [0, 0.05) is 0 Å². The van der Waals surface area contributed by atoms with E-state index in [1.54, 1.807) is 24.3 Å². The minimum Gasteiger partial charge on any atom is -0.489 e. The van der Waals surface area contributed by atoms with Gasteiger partial charge in [-0.15, -0.1) is 0 Å². The van der Waals surface area contributed by atoms with Gasteiger partial charge in [-0.1, -0.05) is 12.1 Å². The molecule has 0 aliphatic heterocycles. The second-order valence-electron chi connectivity index (χ2n) is 5.75. The summed E-state index contributed by atoms with van der Waals surface area (Å²) in [7, 11) is 1.29. The normalized spacial score (nSPS) is 10.3. The Hall–Kier alpha value is -3.09. The Labute approximate surface area is 151 Å². The van der Waals surface area contributed by atoms with Crippen LogP contribution >= 0.6 is 0 Å². The molecule has 0 aliphatic carbocycles. The quantitative estimate of drug-likeness (QED) is 0.740. The zero-order valence-electron chi connectivity index (χ0n) is 14.8. The predicted molar refractivity (Wildman–Crippen MR) is 97.1 cm³/mol. The van der Waals surface area contributed by atoms with Crippen LogP contribution in [0, 0.1) is 5.82 Å². The van der Waals surface area contributed by atoms with Crippen molar-refractivity contribution in [1.29, 1.82) is 0 Å². The molecule has 0 bridgehead atoms. The van der Waals surface area contributed by atoms with E-state index in [4.69, 9.17) is 9.47 Å². The van der Waals surface area contributed by atoms with Gasteiger partial charge < -0.3 is 20.1 Å². The van der Waals surface area contributed by atoms with Crippen molar-refractivity contribution in [3.63, 3.8) is 0 Å². The lowest BCUT2D eigenvalue weighted by molar-refractivity contribution is -0.114. The van der Waals surface area contributed by atoms with E-state index >= 15 is 0 Å². The first-order chi connectivity index (χ1) is 12.4. The van der Waals surface area contributed by atoms with Crippen molar-refractivity contribution in [1.82, 2.24) is 0 Å². The molecular formula is C19H21FN2O4. The number of carbonyl (C=O) groups excluding carboxylic acids is 2. The molecule has 7 heteroatoms. The SMILES string of the molecule is COC(=O)c1ccc(OC(C)C)c(NCC(=O)Nc2ccccc2F)c1. The van der Waals surface area contributed by atoms with Gasteiger partial charge in [-0.05, 0) is 44.2 Å². The summed E-state index contributed by atoms with van der Waals surface area (Å²) in [6.45, 7) is 3.60. The number of esters is 1. The van der Waals surface area contributed by atoms with E-state index in [0.29, 0.717) is 17.0 Å². The fourth-order valence-electron chi connectivity index (χ4n) is 2.20. The highest BCUT2D eigenvalue weighted by Crippen LogP contribution is 2.27. The van der Waals surface area contributed by atoms with E-state index in [2.05, 4.69) is 10.6 Å². The van der Waals surface area contributed by atoms with Gasteiger partial charge in [0.2, 0.25) is 5.91 Å². The van der Waals surface area contributed by atoms with Crippen molar-refractivity contribution in [2.45, 2.75) is 20.0 Å². The van der Waals surface area contributed by atoms with Crippen molar-refractivity contribution in [3.8, 4) is 5.75 Å². The Balaban J connectivity index is 2.11. The summed E-state index contributed by atoms with van der Waals surface area (Å²) < 4.78 is 24.0. The zero-order chi connectivity index (χ0) is 19.1. The summed E-state index contributed by atoms with van der Waals surface area (Å²) in [5, 5.41) is 5.39. The number of halogens is 1. The number of hydrogen-bond acceptors (Lipinski definition) is 5. The van der Waals surface area contributed by atoms with Crippen LogP contribution in [0.1, 0.15) is 24.2 Å². The molecule has 6 nitrogen and oxygen atoms in total. The molecule has 0 spiro atoms. The second-order valence-corrected chi connectivity index (χ2v) is 5.75. The summed E-state index contributed by atoms with van der Waals surface area (Å²) in [5.74, 6) is -0.960. The number of anilines is 2. The molecule has 0 aromatic heterocycles. The molecule has 0 fully saturated rings. The van der Waals surface area contributed by atoms with Crippen LogP contribution in [0.4, 0.5) is 15.8 Å². The number of rotatable bonds is 7. The Morgan fingerprint density at radius 3 is 2.50 bits per heavy atom. The molecule has 0 saturated heterocycles. The van der Waals surface area contributed by atoms with Crippen LogP contribution in [0.3, 0.4) is 0 Å². The van der Waals surface area contributed by atoms with Crippen LogP contribution in [0.15, 0.2) is 42.5 Å². The van der Waals surface area contributed by atoms with Gasteiger partial charge in [0.1, 0.15) is 11.6 Å². The predicted octanol–water partition coefficient (Wildman–Crippen LogP) is 3.45. The summed E-state index contributed by atoms with van der Waals surface area (Å²) in [6.07, 6.45) is -0.0910. The summed E-state index contributed by atoms with van der Waals surface area (Å²) in [6, 6.07) is 10.6. The Morgan fingerprint density at radius 2 is 1.85 bits per heavy atom. The maximum Gasteiger partial charge on any atom is 0.337 e. The van der Waals surface area contributed by atoms with E-state index in [-0.39, 0.29) is 18.3 Å². The van der Waals surface area contributed by atoms with Crippen molar-refractivity contribution in [2.75, 3.05) is 24.3 Å². The number of hydrogen-bond donors (Lipinski definition) is 2. The topological polar surface area (TPSA) is 76.7 Å². The van der Waals surface area contributed by atoms with Crippen molar-refractivity contribution >= 4 is 23.3 Å². The summed E-state index contributed by atoms with van der Waals surface area (Å²) in [4.78, 5) is 23.8. The second kappa shape index (κ2) is 8.84. The number of benzene rings is 2. The van der Waals surface area contributed by atoms with Crippen LogP contribution < -0.4 is 15.4 Å². The molecule has 0 radical (unpaired) electrons. The molecule has 0 atom stereocenters. The molecular weight excluding hydrogens is 339 g/mol. The van der Waals surface area contributed by atoms with Gasteiger partial charge in [0.15, 0.2) is 0 Å². The van der Waals surface area contributed by atoms with E-state index in [1.807, 2.05) is 13.8 Å². The molecule has 0 saturated carbocycles. The first-order valence-electron chi connectivity index (χ1n) is 8.08. The molecule has 26 heavy (non-hydrogen) atoms. The molecule has 2 aromatic carbocycles. The molecule has 0 heterocycles. The summed E-state index contributed by atoms with van der Waals surface area (Å²) >= 11 is 0. The van der Waals surface area contributed by atoms with E-state index in [1.165, 1.54) is 25.3 Å². The van der Waals surface area contributed by atoms with Crippen molar-refractivity contribution < 1.29 is 23.5 Å². The molecule has 138 valence electrons. The van der Waals surface area contributed by atoms with Gasteiger partial charge in [-0.3, -0.25) is 4.79 Å². The number of amides is 1. The standard InChI is InChI=1S/C19H21FN2O4/c1-12(2)26-17-9-8-13(19(24)25-3)10-16(17)21-11-18(23)22-15-7-5-4-6-14(15)20/h4-10,12,21H,11H2,1-3H3,(H,22,23). The van der Waals surface area contributed by atoms with Crippen molar-refractivity contribution in [3.05, 3.63) is 53.8 Å². The molecule has 2 aromatic rings. The van der Waals surface area contributed by atoms with Gasteiger partial charge in [-0.2, -0.15) is 0 Å². The Kier molecular flexibility index (Phi) is 6.54. The third kappa shape index (κ3) is 5.20. The number of nitrogens with one attached hydrogen (secondary N) is 2. The average molecular weight is 360 g/mol. The Bertz CT molecular complexity index is 793. The maximum absolute atomic E-state index is 13.6. The van der Waals surface area contributed by atoms with Crippen LogP contribution in [-0.4, -0.2) is 31.6 Å². The first-order valence-corrected chi connectivity index (χ1v) is 8.08. The van der Waals surface area contributed by atoms with E-state index in [9.17, 15) is 14.0 Å². The third-order valence-corrected chi connectivity index (χ3v) is 3.35. The fraction of sp³-hybridized carbons (Fsp3) is 0.263. The number of carbonyl (C=O) groups is 2. The summed E-state index contributed by atoms with van der Waals surface area (Å²) in [5.41, 5.74) is 0.882. The lowest BCUT2D eigenvalue weighted by Gasteiger charge is -2.16. The average Bonchev–Trinajstić information content (AvgIpc) is 2.61. The zero-order valence-corrected chi connectivity index (χ0v) is 14.8. The molecule has 0 aliphatic rings. The molecule has 0 unspecified atom stereocenters. The third-order valence-electron chi connectivity index (χ3n) is 3.35. The monoisotopic (exact) mass is 360 g/mol. The van der Waals surface area contributed by atoms with Gasteiger partial charge >= 0.3 is 5.97 Å². The lowest BCUT2D eigenvalue weighted by Crippen LogP contribution is -2.23. The van der Waals surface area contributed by atoms with Gasteiger partial charge in [0.25, 0.3) is 0 Å². The van der Waals surface area contributed by atoms with Gasteiger partial charge in [-0.25, -0.2) is 9.18 Å². The smallest absolute Gasteiger partial charge is 0.337 e. The van der Waals surface area contributed by atoms with Crippen LogP contribution in [0.2, 0.25) is 0 Å². The molecule has 1 amide bonds. The van der Waals surface area contributed by atoms with Crippen LogP contribution in [0.25, 0.3) is 0 Å². The number of para-hydroxylation sites is 1. The molecule has 2 rings (SSSR count). The van der Waals surface area contributed by atoms with Crippen LogP contribution in [0.5, 0.6) is 5.75 Å². The Morgan fingerprint density at radius 1 is 1.12 bits per heavy atom. The largest absolute Gasteiger partial charge is 0.489 e. The van der Waals surface area contributed by atoms with E-state index in [0.717, 1.165) is 0 Å². The van der Waals surface area contributed by atoms with Gasteiger partial charge in [0.05, 0.1) is 36.7 Å². The first kappa shape index (κ1) is 19.2. The minimum atomic E-state index is -0.516. The lowest BCUT2D eigenvalue weighted by atomic mass is 10.2. The highest BCUT2D eigenvalue weighted by atomic mass is 19.1. The molecule has 2 N–H and O–H groups in total. The highest BCUT2D eigenvalue weighted by molar-refractivity contribution is 5.95. The van der Waals surface area contributed by atoms with Crippen molar-refractivity contribution in [2.24, 2.45) is 0 Å². The number of ether oxygens (including phenoxy) is 2. The minimum absolute atomic E-state index is 0.0910. The van der Waals surface area contributed by atoms with Crippen LogP contribution in [-0.2, 0) is 9.53 Å². The highest BCUT2D eigenvalue weighted by Gasteiger charge is 2.13.